The minimum absolute atomic E-state index is 0.385. The van der Waals surface area contributed by atoms with Gasteiger partial charge in [-0.1, -0.05) is 60.7 Å². The standard InChI is InChI=1S/C22H31N3/c1-24-15-17-25(18-16-24)14-8-13-23-22(21-11-6-3-7-12-21)19-20-9-4-2-5-10-20/h2-7,9-12,22-23H,8,13-19H2,1H3. The molecule has 0 aliphatic carbocycles. The van der Waals surface area contributed by atoms with Crippen molar-refractivity contribution in [1.82, 2.24) is 15.1 Å². The second kappa shape index (κ2) is 9.71. The summed E-state index contributed by atoms with van der Waals surface area (Å²) < 4.78 is 0. The smallest absolute Gasteiger partial charge is 0.0360 e. The lowest BCUT2D eigenvalue weighted by molar-refractivity contribution is 0.152. The zero-order valence-corrected chi connectivity index (χ0v) is 15.4. The molecule has 0 radical (unpaired) electrons. The Kier molecular flexibility index (Phi) is 7.04. The summed E-state index contributed by atoms with van der Waals surface area (Å²) in [6.07, 6.45) is 2.25. The van der Waals surface area contributed by atoms with E-state index in [1.165, 1.54) is 50.3 Å². The van der Waals surface area contributed by atoms with Crippen LogP contribution in [0.2, 0.25) is 0 Å². The van der Waals surface area contributed by atoms with E-state index in [4.69, 9.17) is 0 Å². The van der Waals surface area contributed by atoms with Crippen molar-refractivity contribution in [3.8, 4) is 0 Å². The van der Waals surface area contributed by atoms with Crippen molar-refractivity contribution in [1.29, 1.82) is 0 Å². The minimum Gasteiger partial charge on any atom is -0.310 e. The summed E-state index contributed by atoms with van der Waals surface area (Å²) in [5.41, 5.74) is 2.77. The molecule has 3 nitrogen and oxygen atoms in total. The number of nitrogens with one attached hydrogen (secondary N) is 1. The van der Waals surface area contributed by atoms with Gasteiger partial charge in [0.2, 0.25) is 0 Å². The molecule has 25 heavy (non-hydrogen) atoms. The topological polar surface area (TPSA) is 18.5 Å². The monoisotopic (exact) mass is 337 g/mol. The van der Waals surface area contributed by atoms with Crippen molar-refractivity contribution in [2.24, 2.45) is 0 Å². The van der Waals surface area contributed by atoms with Gasteiger partial charge in [-0.25, -0.2) is 0 Å². The van der Waals surface area contributed by atoms with Gasteiger partial charge < -0.3 is 15.1 Å². The van der Waals surface area contributed by atoms with Gasteiger partial charge in [0.25, 0.3) is 0 Å². The molecule has 0 bridgehead atoms. The maximum absolute atomic E-state index is 3.80. The summed E-state index contributed by atoms with van der Waals surface area (Å²) in [5, 5.41) is 3.80. The Morgan fingerprint density at radius 2 is 1.52 bits per heavy atom. The third-order valence-electron chi connectivity index (χ3n) is 5.12. The molecule has 1 unspecified atom stereocenters. The van der Waals surface area contributed by atoms with Gasteiger partial charge in [-0.05, 0) is 44.1 Å². The van der Waals surface area contributed by atoms with Crippen molar-refractivity contribution in [3.63, 3.8) is 0 Å². The second-order valence-electron chi connectivity index (χ2n) is 7.11. The van der Waals surface area contributed by atoms with Crippen molar-refractivity contribution in [2.45, 2.75) is 18.9 Å². The van der Waals surface area contributed by atoms with Crippen LogP contribution in [0, 0.1) is 0 Å². The molecule has 0 spiro atoms. The first-order valence-electron chi connectivity index (χ1n) is 9.54. The number of nitrogens with zero attached hydrogens (tertiary/aromatic N) is 2. The van der Waals surface area contributed by atoms with Crippen molar-refractivity contribution in [2.75, 3.05) is 46.3 Å². The van der Waals surface area contributed by atoms with Crippen LogP contribution < -0.4 is 5.32 Å². The van der Waals surface area contributed by atoms with Crippen LogP contribution in [-0.2, 0) is 6.42 Å². The van der Waals surface area contributed by atoms with Gasteiger partial charge in [0.15, 0.2) is 0 Å². The fourth-order valence-corrected chi connectivity index (χ4v) is 3.49. The van der Waals surface area contributed by atoms with E-state index in [0.29, 0.717) is 6.04 Å². The summed E-state index contributed by atoms with van der Waals surface area (Å²) in [7, 11) is 2.22. The zero-order chi connectivity index (χ0) is 17.3. The molecule has 2 aromatic carbocycles. The van der Waals surface area contributed by atoms with Gasteiger partial charge in [0.05, 0.1) is 0 Å². The molecule has 1 atom stereocenters. The van der Waals surface area contributed by atoms with Crippen LogP contribution in [-0.4, -0.2) is 56.1 Å². The van der Waals surface area contributed by atoms with Crippen LogP contribution in [0.25, 0.3) is 0 Å². The summed E-state index contributed by atoms with van der Waals surface area (Å²) in [5.74, 6) is 0. The Bertz CT molecular complexity index is 591. The molecule has 0 saturated carbocycles. The third-order valence-corrected chi connectivity index (χ3v) is 5.12. The Balaban J connectivity index is 1.50. The molecule has 0 aromatic heterocycles. The number of hydrogen-bond donors (Lipinski definition) is 1. The Morgan fingerprint density at radius 3 is 2.20 bits per heavy atom. The first kappa shape index (κ1) is 18.1. The molecule has 1 N–H and O–H groups in total. The number of hydrogen-bond acceptors (Lipinski definition) is 3. The Labute approximate surface area is 152 Å². The molecule has 3 heteroatoms. The molecule has 3 rings (SSSR count). The van der Waals surface area contributed by atoms with Crippen molar-refractivity contribution >= 4 is 0 Å². The summed E-state index contributed by atoms with van der Waals surface area (Å²) in [6.45, 7) is 7.10. The van der Waals surface area contributed by atoms with Gasteiger partial charge >= 0.3 is 0 Å². The van der Waals surface area contributed by atoms with Gasteiger partial charge in [-0.2, -0.15) is 0 Å². The van der Waals surface area contributed by atoms with Crippen LogP contribution in [0.15, 0.2) is 60.7 Å². The highest BCUT2D eigenvalue weighted by Crippen LogP contribution is 2.18. The first-order valence-corrected chi connectivity index (χ1v) is 9.54. The fraction of sp³-hybridized carbons (Fsp3) is 0.455. The second-order valence-corrected chi connectivity index (χ2v) is 7.11. The maximum Gasteiger partial charge on any atom is 0.0360 e. The van der Waals surface area contributed by atoms with E-state index in [2.05, 4.69) is 82.8 Å². The van der Waals surface area contributed by atoms with E-state index in [9.17, 15) is 0 Å². The molecular weight excluding hydrogens is 306 g/mol. The maximum atomic E-state index is 3.80. The number of benzene rings is 2. The minimum atomic E-state index is 0.385. The van der Waals surface area contributed by atoms with Gasteiger partial charge in [0, 0.05) is 32.2 Å². The Hall–Kier alpha value is -1.68. The molecule has 2 aromatic rings. The molecule has 1 heterocycles. The van der Waals surface area contributed by atoms with Crippen molar-refractivity contribution in [3.05, 3.63) is 71.8 Å². The van der Waals surface area contributed by atoms with Gasteiger partial charge in [0.1, 0.15) is 0 Å². The Morgan fingerprint density at radius 1 is 0.880 bits per heavy atom. The van der Waals surface area contributed by atoms with Gasteiger partial charge in [-0.15, -0.1) is 0 Å². The number of piperazine rings is 1. The summed E-state index contributed by atoms with van der Waals surface area (Å²) in [6, 6.07) is 22.0. The van der Waals surface area contributed by atoms with E-state index in [-0.39, 0.29) is 0 Å². The molecule has 134 valence electrons. The molecule has 1 aliphatic heterocycles. The molecule has 1 fully saturated rings. The quantitative estimate of drug-likeness (QED) is 0.746. The van der Waals surface area contributed by atoms with E-state index in [0.717, 1.165) is 13.0 Å². The SMILES string of the molecule is CN1CCN(CCCNC(Cc2ccccc2)c2ccccc2)CC1. The van der Waals surface area contributed by atoms with E-state index in [1.807, 2.05) is 0 Å². The highest BCUT2D eigenvalue weighted by Gasteiger charge is 2.14. The predicted molar refractivity (Wildman–Crippen MR) is 106 cm³/mol. The van der Waals surface area contributed by atoms with E-state index < -0.39 is 0 Å². The zero-order valence-electron chi connectivity index (χ0n) is 15.4. The molecular formula is C22H31N3. The lowest BCUT2D eigenvalue weighted by Crippen LogP contribution is -2.45. The lowest BCUT2D eigenvalue weighted by Gasteiger charge is -2.32. The third kappa shape index (κ3) is 5.96. The lowest BCUT2D eigenvalue weighted by atomic mass is 9.99. The van der Waals surface area contributed by atoms with Crippen LogP contribution in [0.4, 0.5) is 0 Å². The first-order chi connectivity index (χ1) is 12.3. The van der Waals surface area contributed by atoms with Crippen LogP contribution in [0.5, 0.6) is 0 Å². The summed E-state index contributed by atoms with van der Waals surface area (Å²) in [4.78, 5) is 5.01. The van der Waals surface area contributed by atoms with Crippen LogP contribution >= 0.6 is 0 Å². The van der Waals surface area contributed by atoms with E-state index >= 15 is 0 Å². The fourth-order valence-electron chi connectivity index (χ4n) is 3.49. The highest BCUT2D eigenvalue weighted by atomic mass is 15.2. The number of rotatable bonds is 8. The van der Waals surface area contributed by atoms with Crippen molar-refractivity contribution < 1.29 is 0 Å². The van der Waals surface area contributed by atoms with Crippen LogP contribution in [0.3, 0.4) is 0 Å². The van der Waals surface area contributed by atoms with Gasteiger partial charge in [-0.3, -0.25) is 0 Å². The summed E-state index contributed by atoms with van der Waals surface area (Å²) >= 11 is 0. The molecule has 0 amide bonds. The average Bonchev–Trinajstić information content (AvgIpc) is 2.67. The average molecular weight is 338 g/mol. The molecule has 1 aliphatic rings. The van der Waals surface area contributed by atoms with Crippen LogP contribution in [0.1, 0.15) is 23.6 Å². The predicted octanol–water partition coefficient (Wildman–Crippen LogP) is 3.20. The largest absolute Gasteiger partial charge is 0.310 e. The molecule has 1 saturated heterocycles. The highest BCUT2D eigenvalue weighted by molar-refractivity contribution is 5.23. The van der Waals surface area contributed by atoms with E-state index in [1.54, 1.807) is 0 Å². The normalized spacial score (nSPS) is 17.5. The number of likely N-dealkylation sites (N-methyl/N-ethyl adjacent to an activating group) is 1.